The topological polar surface area (TPSA) is 275 Å². The number of imidazole rings is 1. The van der Waals surface area contributed by atoms with E-state index in [0.717, 1.165) is 22.0 Å². The Morgan fingerprint density at radius 3 is 2.52 bits per heavy atom. The van der Waals surface area contributed by atoms with E-state index in [1.165, 1.54) is 50.2 Å². The maximum absolute atomic E-state index is 14.7. The number of ether oxygens (including phenoxy) is 4. The van der Waals surface area contributed by atoms with Gasteiger partial charge in [0.2, 0.25) is 0 Å². The number of nitrogens with one attached hydrogen (secondary N) is 1. The molecule has 22 heteroatoms. The van der Waals surface area contributed by atoms with Crippen molar-refractivity contribution in [1.29, 1.82) is 0 Å². The lowest BCUT2D eigenvalue weighted by Crippen LogP contribution is -2.39. The Hall–Kier alpha value is -4.96. The lowest BCUT2D eigenvalue weighted by atomic mass is 10.1. The highest BCUT2D eigenvalue weighted by atomic mass is 32.7. The monoisotopic (exact) mass is 813 g/mol. The van der Waals surface area contributed by atoms with Crippen LogP contribution >= 0.6 is 18.2 Å². The molecule has 2 fully saturated rings. The Labute approximate surface area is 320 Å². The number of anilines is 1. The van der Waals surface area contributed by atoms with Crippen molar-refractivity contribution in [1.82, 2.24) is 29.1 Å². The van der Waals surface area contributed by atoms with E-state index in [1.807, 2.05) is 0 Å². The fourth-order valence-corrected chi connectivity index (χ4v) is 9.57. The number of nitrogens with two attached hydrogens (primary N) is 1. The molecule has 5 heterocycles. The van der Waals surface area contributed by atoms with Crippen LogP contribution in [-0.2, 0) is 33.6 Å². The van der Waals surface area contributed by atoms with Crippen LogP contribution in [0.25, 0.3) is 11.2 Å². The highest BCUT2D eigenvalue weighted by molar-refractivity contribution is 8.54. The fourth-order valence-electron chi connectivity index (χ4n) is 6.18. The highest BCUT2D eigenvalue weighted by Gasteiger charge is 2.51. The normalized spacial score (nSPS) is 24.7. The molecule has 0 aliphatic carbocycles. The molecule has 5 aromatic rings. The van der Waals surface area contributed by atoms with Gasteiger partial charge in [0, 0.05) is 31.5 Å². The quantitative estimate of drug-likeness (QED) is 0.0608. The minimum Gasteiger partial charge on any atom is -0.508 e. The van der Waals surface area contributed by atoms with Crippen molar-refractivity contribution < 1.29 is 52.7 Å². The number of benzene rings is 2. The molecule has 7 rings (SSSR count). The predicted molar refractivity (Wildman–Crippen MR) is 197 cm³/mol. The van der Waals surface area contributed by atoms with Crippen LogP contribution in [0.4, 0.5) is 5.82 Å². The molecular formula is C34H36N7O13PS. The first-order valence-corrected chi connectivity index (χ1v) is 20.1. The van der Waals surface area contributed by atoms with E-state index < -0.39 is 80.2 Å². The summed E-state index contributed by atoms with van der Waals surface area (Å²) in [6, 6.07) is 13.1. The van der Waals surface area contributed by atoms with Gasteiger partial charge in [0.25, 0.3) is 5.56 Å². The third kappa shape index (κ3) is 8.41. The number of phenols is 1. The van der Waals surface area contributed by atoms with Crippen LogP contribution in [0.1, 0.15) is 34.8 Å². The number of fused-ring (bicyclic) bond motifs is 1. The lowest BCUT2D eigenvalue weighted by Gasteiger charge is -2.28. The second kappa shape index (κ2) is 16.6. The summed E-state index contributed by atoms with van der Waals surface area (Å²) in [6.45, 7) is -5.35. The van der Waals surface area contributed by atoms with Gasteiger partial charge >= 0.3 is 18.5 Å². The number of esters is 1. The first-order valence-electron chi connectivity index (χ1n) is 17.0. The molecule has 2 aliphatic rings. The van der Waals surface area contributed by atoms with Crippen molar-refractivity contribution in [3.63, 3.8) is 0 Å². The standard InChI is InChI=1S/C34H36N7O13PS/c1-49-29-28(23(13-42)53-32(29)40-11-10-25(45)39-34(40)47)54-55(48,56-15-18-2-8-21(9-3-18)51-33(46)19-4-6-20(43)7-5-19)50-14-24-22(44)12-26(52-24)41-17-38-27-30(35)36-16-37-31(27)41/h2-11,16-17,22-24,26,28-29,32,42-44H,12-15H2,1H3,(H2,35,36,37)(H,39,45,47)/t22?,23-,24-,26-,28?,29?,32-,55?/m1/s1. The second-order valence-corrected chi connectivity index (χ2v) is 16.7. The Kier molecular flexibility index (Phi) is 11.7. The first-order chi connectivity index (χ1) is 26.9. The van der Waals surface area contributed by atoms with Crippen molar-refractivity contribution in [3.05, 3.63) is 105 Å². The molecule has 0 spiro atoms. The molecule has 296 valence electrons. The van der Waals surface area contributed by atoms with Gasteiger partial charge in [-0.1, -0.05) is 12.1 Å². The van der Waals surface area contributed by atoms with Gasteiger partial charge in [-0.25, -0.2) is 29.1 Å². The van der Waals surface area contributed by atoms with Gasteiger partial charge in [-0.15, -0.1) is 0 Å². The largest absolute Gasteiger partial charge is 0.508 e. The molecule has 0 radical (unpaired) electrons. The Bertz CT molecular complexity index is 2340. The average molecular weight is 814 g/mol. The van der Waals surface area contributed by atoms with E-state index in [0.29, 0.717) is 16.7 Å². The molecule has 2 aromatic carbocycles. The number of aliphatic hydroxyl groups is 2. The van der Waals surface area contributed by atoms with Crippen molar-refractivity contribution >= 4 is 41.1 Å². The summed E-state index contributed by atoms with van der Waals surface area (Å²) >= 11 is 0.783. The molecule has 2 aliphatic heterocycles. The minimum absolute atomic E-state index is 0.00337. The number of aromatic amines is 1. The summed E-state index contributed by atoms with van der Waals surface area (Å²) in [5.41, 5.74) is 6.08. The van der Waals surface area contributed by atoms with E-state index in [1.54, 1.807) is 28.8 Å². The van der Waals surface area contributed by atoms with E-state index in [2.05, 4.69) is 19.9 Å². The number of nitrogens with zero attached hydrogens (tertiary/aromatic N) is 5. The minimum atomic E-state index is -4.31. The molecule has 20 nitrogen and oxygen atoms in total. The molecule has 6 N–H and O–H groups in total. The molecule has 8 atom stereocenters. The van der Waals surface area contributed by atoms with Gasteiger partial charge < -0.3 is 40.0 Å². The summed E-state index contributed by atoms with van der Waals surface area (Å²) in [4.78, 5) is 51.5. The Morgan fingerprint density at radius 1 is 1.04 bits per heavy atom. The number of aromatic hydroxyl groups is 1. The fraction of sp³-hybridized carbons (Fsp3) is 0.353. The van der Waals surface area contributed by atoms with Crippen LogP contribution in [0.3, 0.4) is 0 Å². The number of carbonyl (C=O) groups excluding carboxylic acids is 1. The van der Waals surface area contributed by atoms with Crippen molar-refractivity contribution in [3.8, 4) is 11.5 Å². The molecule has 2 saturated heterocycles. The third-order valence-corrected chi connectivity index (χ3v) is 12.7. The van der Waals surface area contributed by atoms with E-state index in [4.69, 9.17) is 33.7 Å². The highest BCUT2D eigenvalue weighted by Crippen LogP contribution is 2.64. The number of methoxy groups -OCH3 is 1. The average Bonchev–Trinajstić information content (AvgIpc) is 3.89. The van der Waals surface area contributed by atoms with Gasteiger partial charge in [0.1, 0.15) is 54.0 Å². The smallest absolute Gasteiger partial charge is 0.389 e. The number of aromatic nitrogens is 6. The van der Waals surface area contributed by atoms with Crippen molar-refractivity contribution in [2.45, 2.75) is 55.1 Å². The summed E-state index contributed by atoms with van der Waals surface area (Å²) < 4.78 is 52.7. The number of hydrogen-bond acceptors (Lipinski definition) is 18. The molecular weight excluding hydrogens is 777 g/mol. The third-order valence-electron chi connectivity index (χ3n) is 9.04. The summed E-state index contributed by atoms with van der Waals surface area (Å²) in [7, 11) is 1.31. The Balaban J connectivity index is 1.09. The van der Waals surface area contributed by atoms with E-state index in [-0.39, 0.29) is 35.1 Å². The number of H-pyrrole nitrogens is 1. The van der Waals surface area contributed by atoms with Gasteiger partial charge in [0.15, 0.2) is 17.7 Å². The predicted octanol–water partition coefficient (Wildman–Crippen LogP) is 1.88. The molecule has 4 unspecified atom stereocenters. The van der Waals surface area contributed by atoms with Crippen LogP contribution in [0, 0.1) is 0 Å². The number of nitrogen functional groups attached to an aromatic ring is 1. The van der Waals surface area contributed by atoms with Gasteiger partial charge in [-0.2, -0.15) is 0 Å². The van der Waals surface area contributed by atoms with Gasteiger partial charge in [0.05, 0.1) is 31.2 Å². The molecule has 56 heavy (non-hydrogen) atoms. The number of carbonyl (C=O) groups is 1. The van der Waals surface area contributed by atoms with Crippen LogP contribution in [-0.4, -0.2) is 101 Å². The lowest BCUT2D eigenvalue weighted by molar-refractivity contribution is -0.0625. The first kappa shape index (κ1) is 39.3. The van der Waals surface area contributed by atoms with Crippen molar-refractivity contribution in [2.24, 2.45) is 0 Å². The SMILES string of the molecule is COC1C(OP(=O)(OC[C@H]2O[C@@H](n3cnc4c(N)ncnc43)CC2O)SCc2ccc(OC(=O)c3ccc(O)cc3)cc2)[C@@H](CO)O[C@H]1n1ccc(=O)[nH]c1=O. The van der Waals surface area contributed by atoms with Crippen molar-refractivity contribution in [2.75, 3.05) is 26.1 Å². The number of rotatable bonds is 14. The molecule has 3 aromatic heterocycles. The maximum atomic E-state index is 14.7. The molecule has 0 saturated carbocycles. The van der Waals surface area contributed by atoms with E-state index in [9.17, 15) is 34.3 Å². The van der Waals surface area contributed by atoms with Crippen LogP contribution in [0.15, 0.2) is 83.0 Å². The zero-order chi connectivity index (χ0) is 39.6. The van der Waals surface area contributed by atoms with Crippen LogP contribution in [0.2, 0.25) is 0 Å². The summed E-state index contributed by atoms with van der Waals surface area (Å²) in [5.74, 6) is -0.187. The van der Waals surface area contributed by atoms with E-state index >= 15 is 0 Å². The zero-order valence-electron chi connectivity index (χ0n) is 29.4. The zero-order valence-corrected chi connectivity index (χ0v) is 31.1. The van der Waals surface area contributed by atoms with Gasteiger partial charge in [-0.3, -0.25) is 28.0 Å². The number of phenolic OH excluding ortho intramolecular Hbond substituents is 1. The molecule has 0 amide bonds. The number of hydrogen-bond donors (Lipinski definition) is 5. The van der Waals surface area contributed by atoms with Gasteiger partial charge in [-0.05, 0) is 53.3 Å². The number of aliphatic hydroxyl groups excluding tert-OH is 2. The Morgan fingerprint density at radius 2 is 1.80 bits per heavy atom. The molecule has 0 bridgehead atoms. The van der Waals surface area contributed by atoms with Crippen LogP contribution in [0.5, 0.6) is 11.5 Å². The van der Waals surface area contributed by atoms with Crippen LogP contribution < -0.4 is 21.7 Å². The maximum Gasteiger partial charge on any atom is 0.389 e. The second-order valence-electron chi connectivity index (χ2n) is 12.6. The summed E-state index contributed by atoms with van der Waals surface area (Å²) in [5, 5.41) is 30.8. The summed E-state index contributed by atoms with van der Waals surface area (Å²) in [6.07, 6.45) is -3.51.